The largest absolute Gasteiger partial charge is 0.507 e. The van der Waals surface area contributed by atoms with Crippen LogP contribution in [0.2, 0.25) is 0 Å². The summed E-state index contributed by atoms with van der Waals surface area (Å²) in [5.74, 6) is 2.04. The lowest BCUT2D eigenvalue weighted by molar-refractivity contribution is 0.406. The number of phenolic OH excluding ortho intramolecular Hbond substituents is 1. The molecular formula is C11H17NO2S. The van der Waals surface area contributed by atoms with Gasteiger partial charge in [0.25, 0.3) is 0 Å². The normalized spacial score (nSPS) is 10.3. The van der Waals surface area contributed by atoms with Crippen LogP contribution in [0.25, 0.3) is 0 Å². The molecule has 0 aliphatic carbocycles. The van der Waals surface area contributed by atoms with Crippen molar-refractivity contribution in [1.29, 1.82) is 0 Å². The summed E-state index contributed by atoms with van der Waals surface area (Å²) in [7, 11) is 1.59. The number of ether oxygens (including phenoxy) is 1. The van der Waals surface area contributed by atoms with E-state index in [1.807, 2.05) is 12.1 Å². The standard InChI is InChI=1S/C11H17NO2S/c1-14-10-4-3-9(11(13)7-10)8-12-5-6-15-2/h3-4,7,12-13H,5-6,8H2,1-2H3. The fraction of sp³-hybridized carbons (Fsp3) is 0.455. The van der Waals surface area contributed by atoms with Gasteiger partial charge in [-0.15, -0.1) is 0 Å². The van der Waals surface area contributed by atoms with Gasteiger partial charge in [0.2, 0.25) is 0 Å². The molecule has 0 aliphatic rings. The lowest BCUT2D eigenvalue weighted by atomic mass is 10.2. The number of thioether (sulfide) groups is 1. The van der Waals surface area contributed by atoms with Gasteiger partial charge in [-0.3, -0.25) is 0 Å². The SMILES string of the molecule is COc1ccc(CNCCSC)c(O)c1. The third-order valence-electron chi connectivity index (χ3n) is 2.09. The van der Waals surface area contributed by atoms with Crippen LogP contribution in [0, 0.1) is 0 Å². The Bertz CT molecular complexity index is 305. The van der Waals surface area contributed by atoms with E-state index >= 15 is 0 Å². The highest BCUT2D eigenvalue weighted by molar-refractivity contribution is 7.98. The first kappa shape index (κ1) is 12.2. The molecule has 3 nitrogen and oxygen atoms in total. The van der Waals surface area contributed by atoms with Crippen molar-refractivity contribution < 1.29 is 9.84 Å². The maximum absolute atomic E-state index is 9.65. The molecule has 0 aliphatic heterocycles. The molecule has 0 amide bonds. The van der Waals surface area contributed by atoms with Crippen LogP contribution in [-0.4, -0.2) is 30.8 Å². The molecule has 0 fully saturated rings. The van der Waals surface area contributed by atoms with Gasteiger partial charge in [0.05, 0.1) is 7.11 Å². The molecule has 0 unspecified atom stereocenters. The zero-order valence-corrected chi connectivity index (χ0v) is 9.93. The van der Waals surface area contributed by atoms with Crippen molar-refractivity contribution >= 4 is 11.8 Å². The molecule has 4 heteroatoms. The van der Waals surface area contributed by atoms with E-state index in [4.69, 9.17) is 4.74 Å². The Labute approximate surface area is 94.8 Å². The lowest BCUT2D eigenvalue weighted by Gasteiger charge is -2.07. The molecule has 1 rings (SSSR count). The van der Waals surface area contributed by atoms with Gasteiger partial charge in [-0.05, 0) is 12.3 Å². The number of aromatic hydroxyl groups is 1. The molecule has 0 bridgehead atoms. The zero-order chi connectivity index (χ0) is 11.1. The van der Waals surface area contributed by atoms with Crippen LogP contribution in [-0.2, 0) is 6.54 Å². The molecule has 2 N–H and O–H groups in total. The topological polar surface area (TPSA) is 41.5 Å². The third-order valence-corrected chi connectivity index (χ3v) is 2.70. The average molecular weight is 227 g/mol. The molecule has 0 saturated carbocycles. The van der Waals surface area contributed by atoms with Gasteiger partial charge in [0, 0.05) is 30.5 Å². The summed E-state index contributed by atoms with van der Waals surface area (Å²) in [6.45, 7) is 1.64. The first-order valence-electron chi connectivity index (χ1n) is 4.83. The van der Waals surface area contributed by atoms with Crippen molar-refractivity contribution in [2.24, 2.45) is 0 Å². The quantitative estimate of drug-likeness (QED) is 0.728. The van der Waals surface area contributed by atoms with Crippen LogP contribution < -0.4 is 10.1 Å². The number of rotatable bonds is 6. The number of phenols is 1. The minimum Gasteiger partial charge on any atom is -0.507 e. The van der Waals surface area contributed by atoms with E-state index in [1.165, 1.54) is 0 Å². The molecule has 0 atom stereocenters. The zero-order valence-electron chi connectivity index (χ0n) is 9.12. The summed E-state index contributed by atoms with van der Waals surface area (Å²) in [6, 6.07) is 5.36. The predicted molar refractivity (Wildman–Crippen MR) is 64.7 cm³/mol. The van der Waals surface area contributed by atoms with E-state index in [0.717, 1.165) is 17.9 Å². The highest BCUT2D eigenvalue weighted by Crippen LogP contribution is 2.22. The van der Waals surface area contributed by atoms with E-state index in [0.29, 0.717) is 12.3 Å². The molecule has 0 heterocycles. The van der Waals surface area contributed by atoms with Gasteiger partial charge in [-0.2, -0.15) is 11.8 Å². The van der Waals surface area contributed by atoms with Crippen LogP contribution in [0.15, 0.2) is 18.2 Å². The van der Waals surface area contributed by atoms with Crippen molar-refractivity contribution in [3.63, 3.8) is 0 Å². The molecule has 1 aromatic rings. The van der Waals surface area contributed by atoms with Crippen molar-refractivity contribution in [1.82, 2.24) is 5.32 Å². The monoisotopic (exact) mass is 227 g/mol. The summed E-state index contributed by atoms with van der Waals surface area (Å²) in [5.41, 5.74) is 0.900. The number of methoxy groups -OCH3 is 1. The van der Waals surface area contributed by atoms with Gasteiger partial charge in [-0.1, -0.05) is 6.07 Å². The van der Waals surface area contributed by atoms with Crippen molar-refractivity contribution in [3.8, 4) is 11.5 Å². The molecule has 0 spiro atoms. The summed E-state index contributed by atoms with van der Waals surface area (Å²) >= 11 is 1.80. The number of hydrogen-bond acceptors (Lipinski definition) is 4. The van der Waals surface area contributed by atoms with Crippen molar-refractivity contribution in [2.45, 2.75) is 6.54 Å². The highest BCUT2D eigenvalue weighted by Gasteiger charge is 2.01. The molecule has 0 saturated heterocycles. The minimum atomic E-state index is 0.283. The van der Waals surface area contributed by atoms with E-state index < -0.39 is 0 Å². The number of benzene rings is 1. The Kier molecular flexibility index (Phi) is 5.36. The first-order chi connectivity index (χ1) is 7.27. The van der Waals surface area contributed by atoms with Gasteiger partial charge in [0.1, 0.15) is 11.5 Å². The van der Waals surface area contributed by atoms with Crippen LogP contribution in [0.4, 0.5) is 0 Å². The minimum absolute atomic E-state index is 0.283. The highest BCUT2D eigenvalue weighted by atomic mass is 32.2. The summed E-state index contributed by atoms with van der Waals surface area (Å²) < 4.78 is 5.01. The van der Waals surface area contributed by atoms with Crippen molar-refractivity contribution in [3.05, 3.63) is 23.8 Å². The van der Waals surface area contributed by atoms with Crippen molar-refractivity contribution in [2.75, 3.05) is 25.7 Å². The second kappa shape index (κ2) is 6.58. The maximum Gasteiger partial charge on any atom is 0.123 e. The fourth-order valence-electron chi connectivity index (χ4n) is 1.22. The maximum atomic E-state index is 9.65. The lowest BCUT2D eigenvalue weighted by Crippen LogP contribution is -2.16. The Hall–Kier alpha value is -0.870. The molecule has 84 valence electrons. The van der Waals surface area contributed by atoms with Crippen LogP contribution in [0.1, 0.15) is 5.56 Å². The van der Waals surface area contributed by atoms with Crippen LogP contribution in [0.3, 0.4) is 0 Å². The summed E-state index contributed by atoms with van der Waals surface area (Å²) in [4.78, 5) is 0. The van der Waals surface area contributed by atoms with Gasteiger partial charge in [-0.25, -0.2) is 0 Å². The van der Waals surface area contributed by atoms with Crippen LogP contribution >= 0.6 is 11.8 Å². The van der Waals surface area contributed by atoms with E-state index in [-0.39, 0.29) is 5.75 Å². The smallest absolute Gasteiger partial charge is 0.123 e. The van der Waals surface area contributed by atoms with Gasteiger partial charge in [0.15, 0.2) is 0 Å². The molecular weight excluding hydrogens is 210 g/mol. The molecule has 15 heavy (non-hydrogen) atoms. The number of hydrogen-bond donors (Lipinski definition) is 2. The first-order valence-corrected chi connectivity index (χ1v) is 6.23. The Morgan fingerprint density at radius 1 is 1.47 bits per heavy atom. The van der Waals surface area contributed by atoms with E-state index in [2.05, 4.69) is 11.6 Å². The molecule has 0 radical (unpaired) electrons. The van der Waals surface area contributed by atoms with Gasteiger partial charge < -0.3 is 15.2 Å². The third kappa shape index (κ3) is 4.01. The average Bonchev–Trinajstić information content (AvgIpc) is 2.26. The van der Waals surface area contributed by atoms with Crippen LogP contribution in [0.5, 0.6) is 11.5 Å². The Morgan fingerprint density at radius 3 is 2.87 bits per heavy atom. The van der Waals surface area contributed by atoms with E-state index in [9.17, 15) is 5.11 Å². The predicted octanol–water partition coefficient (Wildman–Crippen LogP) is 1.85. The van der Waals surface area contributed by atoms with Gasteiger partial charge >= 0.3 is 0 Å². The number of nitrogens with one attached hydrogen (secondary N) is 1. The molecule has 0 aromatic heterocycles. The summed E-state index contributed by atoms with van der Waals surface area (Å²) in [5, 5.41) is 12.9. The fourth-order valence-corrected chi connectivity index (χ4v) is 1.57. The second-order valence-electron chi connectivity index (χ2n) is 3.16. The summed E-state index contributed by atoms with van der Waals surface area (Å²) in [6.07, 6.45) is 2.08. The van der Waals surface area contributed by atoms with E-state index in [1.54, 1.807) is 24.9 Å². The Morgan fingerprint density at radius 2 is 2.27 bits per heavy atom. The second-order valence-corrected chi connectivity index (χ2v) is 4.15. The molecule has 1 aromatic carbocycles. The Balaban J connectivity index is 2.47.